The summed E-state index contributed by atoms with van der Waals surface area (Å²) in [4.78, 5) is 6.72. The van der Waals surface area contributed by atoms with Gasteiger partial charge in [-0.25, -0.2) is 4.99 Å². The van der Waals surface area contributed by atoms with Crippen LogP contribution in [0.5, 0.6) is 5.75 Å². The molecule has 0 bridgehead atoms. The number of hydrogen-bond acceptors (Lipinski definition) is 2. The highest BCUT2D eigenvalue weighted by Crippen LogP contribution is 2.20. The first-order valence-corrected chi connectivity index (χ1v) is 7.28. The molecule has 0 spiro atoms. The number of benzene rings is 1. The monoisotopic (exact) mass is 275 g/mol. The largest absolute Gasteiger partial charge is 0.496 e. The van der Waals surface area contributed by atoms with Crippen LogP contribution in [0.3, 0.4) is 0 Å². The first kappa shape index (κ1) is 14.7. The molecular weight excluding hydrogens is 250 g/mol. The Morgan fingerprint density at radius 1 is 1.50 bits per heavy atom. The summed E-state index contributed by atoms with van der Waals surface area (Å²) in [6, 6.07) is 6.17. The van der Waals surface area contributed by atoms with Crippen molar-refractivity contribution in [3.63, 3.8) is 0 Å². The van der Waals surface area contributed by atoms with Gasteiger partial charge in [-0.1, -0.05) is 19.1 Å². The maximum Gasteiger partial charge on any atom is 0.191 e. The van der Waals surface area contributed by atoms with E-state index in [1.54, 1.807) is 7.11 Å². The van der Waals surface area contributed by atoms with Gasteiger partial charge in [0.15, 0.2) is 5.96 Å². The van der Waals surface area contributed by atoms with Crippen molar-refractivity contribution in [1.82, 2.24) is 4.90 Å². The molecule has 1 atom stereocenters. The molecule has 0 amide bonds. The molecule has 4 heteroatoms. The van der Waals surface area contributed by atoms with Crippen molar-refractivity contribution >= 4 is 5.96 Å². The number of likely N-dealkylation sites (tertiary alicyclic amines) is 1. The summed E-state index contributed by atoms with van der Waals surface area (Å²) in [7, 11) is 1.69. The Bertz CT molecular complexity index is 485. The second-order valence-electron chi connectivity index (χ2n) is 5.67. The number of nitrogens with two attached hydrogens (primary N) is 1. The highest BCUT2D eigenvalue weighted by molar-refractivity contribution is 5.78. The van der Waals surface area contributed by atoms with Crippen LogP contribution in [0, 0.1) is 12.8 Å². The Kier molecular flexibility index (Phi) is 4.88. The minimum Gasteiger partial charge on any atom is -0.496 e. The number of methoxy groups -OCH3 is 1. The minimum absolute atomic E-state index is 0.605. The Morgan fingerprint density at radius 3 is 3.00 bits per heavy atom. The van der Waals surface area contributed by atoms with Crippen LogP contribution < -0.4 is 10.5 Å². The molecule has 2 rings (SSSR count). The lowest BCUT2D eigenvalue weighted by atomic mass is 10.0. The fourth-order valence-corrected chi connectivity index (χ4v) is 2.63. The Balaban J connectivity index is 2.00. The van der Waals surface area contributed by atoms with Gasteiger partial charge in [0.05, 0.1) is 13.7 Å². The van der Waals surface area contributed by atoms with Crippen LogP contribution in [-0.2, 0) is 6.54 Å². The molecular formula is C16H25N3O. The standard InChI is InChI=1S/C16H25N3O/c1-12-5-4-8-19(11-12)16(17)18-10-14-7-6-13(2)15(9-14)20-3/h6-7,9,12H,4-5,8,10-11H2,1-3H3,(H2,17,18). The third kappa shape index (κ3) is 3.65. The first-order valence-electron chi connectivity index (χ1n) is 7.28. The Hall–Kier alpha value is -1.71. The third-order valence-electron chi connectivity index (χ3n) is 3.88. The molecule has 0 radical (unpaired) electrons. The van der Waals surface area contributed by atoms with Gasteiger partial charge in [-0.2, -0.15) is 0 Å². The molecule has 1 aliphatic rings. The van der Waals surface area contributed by atoms with Gasteiger partial charge in [0.25, 0.3) is 0 Å². The summed E-state index contributed by atoms with van der Waals surface area (Å²) in [5.74, 6) is 2.27. The summed E-state index contributed by atoms with van der Waals surface area (Å²) in [6.45, 7) is 6.95. The molecule has 4 nitrogen and oxygen atoms in total. The average Bonchev–Trinajstić information content (AvgIpc) is 2.46. The van der Waals surface area contributed by atoms with E-state index >= 15 is 0 Å². The lowest BCUT2D eigenvalue weighted by Gasteiger charge is -2.31. The van der Waals surface area contributed by atoms with Crippen molar-refractivity contribution in [2.75, 3.05) is 20.2 Å². The predicted octanol–water partition coefficient (Wildman–Crippen LogP) is 2.55. The van der Waals surface area contributed by atoms with E-state index < -0.39 is 0 Å². The summed E-state index contributed by atoms with van der Waals surface area (Å²) in [5.41, 5.74) is 8.37. The van der Waals surface area contributed by atoms with Crippen LogP contribution in [0.15, 0.2) is 23.2 Å². The quantitative estimate of drug-likeness (QED) is 0.681. The van der Waals surface area contributed by atoms with Gasteiger partial charge in [-0.05, 0) is 42.9 Å². The summed E-state index contributed by atoms with van der Waals surface area (Å²) < 4.78 is 5.33. The SMILES string of the molecule is COc1cc(CN=C(N)N2CCCC(C)C2)ccc1C. The predicted molar refractivity (Wildman–Crippen MR) is 83.0 cm³/mol. The number of nitrogens with zero attached hydrogens (tertiary/aromatic N) is 2. The molecule has 0 aliphatic carbocycles. The molecule has 1 unspecified atom stereocenters. The number of aryl methyl sites for hydroxylation is 1. The summed E-state index contributed by atoms with van der Waals surface area (Å²) in [5, 5.41) is 0. The Morgan fingerprint density at radius 2 is 2.30 bits per heavy atom. The zero-order chi connectivity index (χ0) is 14.5. The molecule has 1 aromatic rings. The normalized spacial score (nSPS) is 20.1. The zero-order valence-electron chi connectivity index (χ0n) is 12.7. The van der Waals surface area contributed by atoms with Gasteiger partial charge >= 0.3 is 0 Å². The van der Waals surface area contributed by atoms with E-state index in [9.17, 15) is 0 Å². The van der Waals surface area contributed by atoms with Gasteiger partial charge < -0.3 is 15.4 Å². The van der Waals surface area contributed by atoms with Crippen molar-refractivity contribution in [2.24, 2.45) is 16.6 Å². The number of hydrogen-bond donors (Lipinski definition) is 1. The van der Waals surface area contributed by atoms with Crippen molar-refractivity contribution < 1.29 is 4.74 Å². The van der Waals surface area contributed by atoms with E-state index in [1.807, 2.05) is 13.0 Å². The molecule has 110 valence electrons. The van der Waals surface area contributed by atoms with Crippen LogP contribution in [-0.4, -0.2) is 31.1 Å². The average molecular weight is 275 g/mol. The molecule has 1 aromatic carbocycles. The van der Waals surface area contributed by atoms with E-state index in [1.165, 1.54) is 12.8 Å². The zero-order valence-corrected chi connectivity index (χ0v) is 12.7. The maximum atomic E-state index is 6.10. The summed E-state index contributed by atoms with van der Waals surface area (Å²) in [6.07, 6.45) is 2.49. The number of aliphatic imine (C=N–C) groups is 1. The van der Waals surface area contributed by atoms with Crippen molar-refractivity contribution in [2.45, 2.75) is 33.2 Å². The molecule has 1 saturated heterocycles. The number of ether oxygens (including phenoxy) is 1. The second kappa shape index (κ2) is 6.64. The van der Waals surface area contributed by atoms with Crippen molar-refractivity contribution in [3.8, 4) is 5.75 Å². The highest BCUT2D eigenvalue weighted by Gasteiger charge is 2.17. The summed E-state index contributed by atoms with van der Waals surface area (Å²) >= 11 is 0. The van der Waals surface area contributed by atoms with E-state index in [0.717, 1.165) is 30.0 Å². The van der Waals surface area contributed by atoms with E-state index in [-0.39, 0.29) is 0 Å². The highest BCUT2D eigenvalue weighted by atomic mass is 16.5. The minimum atomic E-state index is 0.605. The molecule has 0 saturated carbocycles. The number of piperidine rings is 1. The topological polar surface area (TPSA) is 50.9 Å². The number of rotatable bonds is 3. The van der Waals surface area contributed by atoms with E-state index in [4.69, 9.17) is 10.5 Å². The van der Waals surface area contributed by atoms with Gasteiger partial charge in [-0.3, -0.25) is 0 Å². The van der Waals surface area contributed by atoms with Gasteiger partial charge in [0.1, 0.15) is 5.75 Å². The smallest absolute Gasteiger partial charge is 0.191 e. The second-order valence-corrected chi connectivity index (χ2v) is 5.67. The molecule has 1 aliphatic heterocycles. The fraction of sp³-hybridized carbons (Fsp3) is 0.562. The fourth-order valence-electron chi connectivity index (χ4n) is 2.63. The molecule has 2 N–H and O–H groups in total. The number of guanidine groups is 1. The van der Waals surface area contributed by atoms with Crippen LogP contribution >= 0.6 is 0 Å². The van der Waals surface area contributed by atoms with Crippen LogP contribution in [0.2, 0.25) is 0 Å². The molecule has 1 fully saturated rings. The molecule has 1 heterocycles. The molecule has 0 aromatic heterocycles. The van der Waals surface area contributed by atoms with E-state index in [2.05, 4.69) is 28.9 Å². The van der Waals surface area contributed by atoms with Gasteiger partial charge in [0, 0.05) is 13.1 Å². The Labute approximate surface area is 121 Å². The van der Waals surface area contributed by atoms with E-state index in [0.29, 0.717) is 18.4 Å². The molecule has 20 heavy (non-hydrogen) atoms. The van der Waals surface area contributed by atoms with Gasteiger partial charge in [-0.15, -0.1) is 0 Å². The lowest BCUT2D eigenvalue weighted by Crippen LogP contribution is -2.43. The first-order chi connectivity index (χ1) is 9.60. The van der Waals surface area contributed by atoms with Crippen molar-refractivity contribution in [3.05, 3.63) is 29.3 Å². The van der Waals surface area contributed by atoms with Gasteiger partial charge in [0.2, 0.25) is 0 Å². The van der Waals surface area contributed by atoms with Crippen LogP contribution in [0.4, 0.5) is 0 Å². The third-order valence-corrected chi connectivity index (χ3v) is 3.88. The van der Waals surface area contributed by atoms with Crippen LogP contribution in [0.1, 0.15) is 30.9 Å². The lowest BCUT2D eigenvalue weighted by molar-refractivity contribution is 0.270. The van der Waals surface area contributed by atoms with Crippen molar-refractivity contribution in [1.29, 1.82) is 0 Å². The van der Waals surface area contributed by atoms with Crippen LogP contribution in [0.25, 0.3) is 0 Å². The maximum absolute atomic E-state index is 6.10.